The molecule has 1 fully saturated rings. The number of aryl methyl sites for hydroxylation is 1. The van der Waals surface area contributed by atoms with Crippen LogP contribution in [0.5, 0.6) is 0 Å². The maximum Gasteiger partial charge on any atom is 0.263 e. The maximum absolute atomic E-state index is 14.1. The molecule has 0 unspecified atom stereocenters. The Kier molecular flexibility index (Phi) is 5.89. The molecular formula is C20H23FN4O3. The number of amides is 2. The minimum absolute atomic E-state index is 0.00892. The smallest absolute Gasteiger partial charge is 0.263 e. The van der Waals surface area contributed by atoms with Crippen LogP contribution < -0.4 is 21.5 Å². The molecule has 0 radical (unpaired) electrons. The van der Waals surface area contributed by atoms with Crippen LogP contribution in [0.4, 0.5) is 15.8 Å². The summed E-state index contributed by atoms with van der Waals surface area (Å²) < 4.78 is 15.7. The number of anilines is 2. The number of aromatic nitrogens is 1. The molecule has 0 bridgehead atoms. The van der Waals surface area contributed by atoms with Gasteiger partial charge >= 0.3 is 0 Å². The summed E-state index contributed by atoms with van der Waals surface area (Å²) in [4.78, 5) is 36.9. The lowest BCUT2D eigenvalue weighted by molar-refractivity contribution is -0.114. The Morgan fingerprint density at radius 2 is 1.89 bits per heavy atom. The molecule has 3 N–H and O–H groups in total. The summed E-state index contributed by atoms with van der Waals surface area (Å²) in [5, 5.41) is 8.24. The highest BCUT2D eigenvalue weighted by Gasteiger charge is 2.22. The molecular weight excluding hydrogens is 363 g/mol. The van der Waals surface area contributed by atoms with Gasteiger partial charge in [-0.15, -0.1) is 0 Å². The van der Waals surface area contributed by atoms with Crippen LogP contribution in [-0.2, 0) is 4.79 Å². The molecule has 1 aliphatic rings. The largest absolute Gasteiger partial charge is 0.326 e. The zero-order valence-electron chi connectivity index (χ0n) is 15.8. The fraction of sp³-hybridized carbons (Fsp3) is 0.350. The zero-order chi connectivity index (χ0) is 20.3. The number of carbonyl (C=O) groups excluding carboxylic acids is 2. The average molecular weight is 386 g/mol. The SMILES string of the molecule is CC(=O)Nc1ccc(F)c(NC(=O)c2c(C)ccn(C3CCNCC3)c2=O)c1. The van der Waals surface area contributed by atoms with Gasteiger partial charge in [0, 0.05) is 24.8 Å². The van der Waals surface area contributed by atoms with E-state index in [1.165, 1.54) is 19.1 Å². The van der Waals surface area contributed by atoms with Crippen molar-refractivity contribution in [3.05, 3.63) is 57.8 Å². The summed E-state index contributed by atoms with van der Waals surface area (Å²) >= 11 is 0. The molecule has 3 rings (SSSR count). The van der Waals surface area contributed by atoms with Crippen molar-refractivity contribution in [2.75, 3.05) is 23.7 Å². The molecule has 1 aromatic heterocycles. The number of hydrogen-bond acceptors (Lipinski definition) is 4. The van der Waals surface area contributed by atoms with E-state index in [2.05, 4.69) is 16.0 Å². The monoisotopic (exact) mass is 386 g/mol. The molecule has 1 aromatic carbocycles. The van der Waals surface area contributed by atoms with Gasteiger partial charge in [0.05, 0.1) is 5.69 Å². The van der Waals surface area contributed by atoms with Crippen molar-refractivity contribution in [3.63, 3.8) is 0 Å². The lowest BCUT2D eigenvalue weighted by atomic mass is 10.0. The standard InChI is InChI=1S/C20H23FN4O3/c1-12-7-10-25(15-5-8-22-9-6-15)20(28)18(12)19(27)24-17-11-14(23-13(2)26)3-4-16(17)21/h3-4,7,10-11,15,22H,5-6,8-9H2,1-2H3,(H,23,26)(H,24,27). The van der Waals surface area contributed by atoms with Crippen LogP contribution in [0.1, 0.15) is 41.7 Å². The number of nitrogens with zero attached hydrogens (tertiary/aromatic N) is 1. The Bertz CT molecular complexity index is 964. The van der Waals surface area contributed by atoms with Crippen molar-refractivity contribution >= 4 is 23.2 Å². The number of rotatable bonds is 4. The maximum atomic E-state index is 14.1. The number of nitrogens with one attached hydrogen (secondary N) is 3. The van der Waals surface area contributed by atoms with Gasteiger partial charge in [0.15, 0.2) is 0 Å². The van der Waals surface area contributed by atoms with Crippen LogP contribution in [-0.4, -0.2) is 29.5 Å². The Hall–Kier alpha value is -3.00. The fourth-order valence-electron chi connectivity index (χ4n) is 3.38. The first-order valence-corrected chi connectivity index (χ1v) is 9.18. The summed E-state index contributed by atoms with van der Waals surface area (Å²) in [6, 6.07) is 5.61. The van der Waals surface area contributed by atoms with Gasteiger partial charge in [0.2, 0.25) is 5.91 Å². The van der Waals surface area contributed by atoms with Crippen LogP contribution in [0.15, 0.2) is 35.3 Å². The van der Waals surface area contributed by atoms with Gasteiger partial charge in [0.1, 0.15) is 11.4 Å². The van der Waals surface area contributed by atoms with E-state index < -0.39 is 11.7 Å². The fourth-order valence-corrected chi connectivity index (χ4v) is 3.38. The van der Waals surface area contributed by atoms with Gasteiger partial charge in [-0.05, 0) is 62.7 Å². The molecule has 2 heterocycles. The molecule has 7 nitrogen and oxygen atoms in total. The molecule has 1 aliphatic heterocycles. The third-order valence-corrected chi connectivity index (χ3v) is 4.79. The Balaban J connectivity index is 1.90. The molecule has 2 aromatic rings. The van der Waals surface area contributed by atoms with Crippen LogP contribution in [0.2, 0.25) is 0 Å². The first-order valence-electron chi connectivity index (χ1n) is 9.18. The topological polar surface area (TPSA) is 92.2 Å². The van der Waals surface area contributed by atoms with E-state index in [1.54, 1.807) is 23.8 Å². The molecule has 0 aliphatic carbocycles. The number of piperidine rings is 1. The van der Waals surface area contributed by atoms with Gasteiger partial charge in [-0.2, -0.15) is 0 Å². The Morgan fingerprint density at radius 1 is 1.18 bits per heavy atom. The molecule has 148 valence electrons. The Labute approximate surface area is 161 Å². The van der Waals surface area contributed by atoms with E-state index in [-0.39, 0.29) is 28.8 Å². The van der Waals surface area contributed by atoms with E-state index in [9.17, 15) is 18.8 Å². The molecule has 1 saturated heterocycles. The summed E-state index contributed by atoms with van der Waals surface area (Å²) in [6.45, 7) is 4.63. The molecule has 28 heavy (non-hydrogen) atoms. The minimum atomic E-state index is -0.676. The lowest BCUT2D eigenvalue weighted by Crippen LogP contribution is -2.37. The third-order valence-electron chi connectivity index (χ3n) is 4.79. The number of benzene rings is 1. The number of hydrogen-bond donors (Lipinski definition) is 3. The van der Waals surface area contributed by atoms with E-state index in [4.69, 9.17) is 0 Å². The minimum Gasteiger partial charge on any atom is -0.326 e. The van der Waals surface area contributed by atoms with Crippen molar-refractivity contribution in [2.24, 2.45) is 0 Å². The van der Waals surface area contributed by atoms with Gasteiger partial charge in [-0.1, -0.05) is 0 Å². The first-order chi connectivity index (χ1) is 13.4. The van der Waals surface area contributed by atoms with Gasteiger partial charge < -0.3 is 20.5 Å². The van der Waals surface area contributed by atoms with Crippen molar-refractivity contribution in [1.29, 1.82) is 0 Å². The quantitative estimate of drug-likeness (QED) is 0.753. The molecule has 0 atom stereocenters. The molecule has 8 heteroatoms. The van der Waals surface area contributed by atoms with E-state index >= 15 is 0 Å². The predicted octanol–water partition coefficient (Wildman–Crippen LogP) is 2.43. The first kappa shape index (κ1) is 19.8. The molecule has 0 saturated carbocycles. The van der Waals surface area contributed by atoms with E-state index in [0.29, 0.717) is 11.3 Å². The lowest BCUT2D eigenvalue weighted by Gasteiger charge is -2.25. The van der Waals surface area contributed by atoms with Crippen LogP contribution in [0.3, 0.4) is 0 Å². The normalized spacial score (nSPS) is 14.5. The van der Waals surface area contributed by atoms with Crippen LogP contribution in [0.25, 0.3) is 0 Å². The highest BCUT2D eigenvalue weighted by Crippen LogP contribution is 2.21. The second-order valence-corrected chi connectivity index (χ2v) is 6.90. The highest BCUT2D eigenvalue weighted by molar-refractivity contribution is 6.05. The van der Waals surface area contributed by atoms with Crippen molar-refractivity contribution in [2.45, 2.75) is 32.7 Å². The van der Waals surface area contributed by atoms with Gasteiger partial charge in [0.25, 0.3) is 11.5 Å². The predicted molar refractivity (Wildman–Crippen MR) is 105 cm³/mol. The van der Waals surface area contributed by atoms with Gasteiger partial charge in [-0.25, -0.2) is 4.39 Å². The summed E-state index contributed by atoms with van der Waals surface area (Å²) in [5.41, 5.74) is 0.368. The summed E-state index contributed by atoms with van der Waals surface area (Å²) in [6.07, 6.45) is 3.32. The van der Waals surface area contributed by atoms with Crippen molar-refractivity contribution in [1.82, 2.24) is 9.88 Å². The number of halogens is 1. The van der Waals surface area contributed by atoms with Crippen LogP contribution >= 0.6 is 0 Å². The molecule has 0 spiro atoms. The third kappa shape index (κ3) is 4.28. The second-order valence-electron chi connectivity index (χ2n) is 6.90. The van der Waals surface area contributed by atoms with Crippen molar-refractivity contribution < 1.29 is 14.0 Å². The number of pyridine rings is 1. The van der Waals surface area contributed by atoms with Crippen LogP contribution in [0, 0.1) is 12.7 Å². The zero-order valence-corrected chi connectivity index (χ0v) is 15.8. The summed E-state index contributed by atoms with van der Waals surface area (Å²) in [7, 11) is 0. The van der Waals surface area contributed by atoms with E-state index in [1.807, 2.05) is 0 Å². The number of carbonyl (C=O) groups is 2. The Morgan fingerprint density at radius 3 is 2.57 bits per heavy atom. The molecule has 2 amide bonds. The van der Waals surface area contributed by atoms with E-state index in [0.717, 1.165) is 32.0 Å². The van der Waals surface area contributed by atoms with Gasteiger partial charge in [-0.3, -0.25) is 14.4 Å². The average Bonchev–Trinajstić information content (AvgIpc) is 2.65. The summed E-state index contributed by atoms with van der Waals surface area (Å²) in [5.74, 6) is -1.65. The second kappa shape index (κ2) is 8.35. The highest BCUT2D eigenvalue weighted by atomic mass is 19.1. The van der Waals surface area contributed by atoms with Crippen molar-refractivity contribution in [3.8, 4) is 0 Å².